The highest BCUT2D eigenvalue weighted by molar-refractivity contribution is 5.81. The van der Waals surface area contributed by atoms with Crippen molar-refractivity contribution in [2.45, 2.75) is 19.0 Å². The van der Waals surface area contributed by atoms with Gasteiger partial charge in [-0.2, -0.15) is 13.2 Å². The summed E-state index contributed by atoms with van der Waals surface area (Å²) < 4.78 is 50.7. The topological polar surface area (TPSA) is 20.3 Å². The molecule has 0 spiro atoms. The molecule has 98 valence electrons. The lowest BCUT2D eigenvalue weighted by atomic mass is 10.1. The predicted octanol–water partition coefficient (Wildman–Crippen LogP) is 3.01. The molecule has 0 aromatic heterocycles. The number of hydrogen-bond donors (Lipinski definition) is 0. The molecule has 2 nitrogen and oxygen atoms in total. The van der Waals surface area contributed by atoms with Crippen LogP contribution < -0.4 is 4.90 Å². The number of alkyl halides is 3. The average Bonchev–Trinajstić information content (AvgIpc) is 2.29. The molecule has 0 saturated carbocycles. The largest absolute Gasteiger partial charge is 0.416 e. The Kier molecular flexibility index (Phi) is 3.28. The van der Waals surface area contributed by atoms with Crippen LogP contribution in [0.5, 0.6) is 0 Å². The molecule has 0 unspecified atom stereocenters. The molecule has 18 heavy (non-hydrogen) atoms. The van der Waals surface area contributed by atoms with Gasteiger partial charge >= 0.3 is 6.18 Å². The van der Waals surface area contributed by atoms with Gasteiger partial charge in [-0.15, -0.1) is 0 Å². The Morgan fingerprint density at radius 1 is 1.11 bits per heavy atom. The highest BCUT2D eigenvalue weighted by Crippen LogP contribution is 2.32. The van der Waals surface area contributed by atoms with Crippen molar-refractivity contribution in [3.05, 3.63) is 29.6 Å². The van der Waals surface area contributed by atoms with Gasteiger partial charge in [-0.25, -0.2) is 4.39 Å². The number of rotatable bonds is 1. The summed E-state index contributed by atoms with van der Waals surface area (Å²) in [6.45, 7) is 0.697. The van der Waals surface area contributed by atoms with E-state index in [2.05, 4.69) is 0 Å². The first-order valence-electron chi connectivity index (χ1n) is 5.51. The molecular weight excluding hydrogens is 250 g/mol. The highest BCUT2D eigenvalue weighted by atomic mass is 19.4. The minimum atomic E-state index is -4.54. The highest BCUT2D eigenvalue weighted by Gasteiger charge is 2.31. The number of carbonyl (C=O) groups excluding carboxylic acids is 1. The lowest BCUT2D eigenvalue weighted by Crippen LogP contribution is -2.34. The number of nitrogens with zero attached hydrogens (tertiary/aromatic N) is 1. The third-order valence-corrected chi connectivity index (χ3v) is 2.94. The molecule has 0 N–H and O–H groups in total. The molecule has 6 heteroatoms. The zero-order valence-electron chi connectivity index (χ0n) is 9.43. The van der Waals surface area contributed by atoms with E-state index in [1.807, 2.05) is 0 Å². The maximum absolute atomic E-state index is 13.6. The quantitative estimate of drug-likeness (QED) is 0.724. The van der Waals surface area contributed by atoms with Crippen molar-refractivity contribution in [1.82, 2.24) is 0 Å². The van der Waals surface area contributed by atoms with Crippen LogP contribution in [0.15, 0.2) is 18.2 Å². The maximum atomic E-state index is 13.6. The minimum Gasteiger partial charge on any atom is -0.368 e. The Labute approximate surface area is 101 Å². The SMILES string of the molecule is O=C1CCN(c2ccc(C(F)(F)F)cc2F)CC1. The number of halogens is 4. The normalized spacial score (nSPS) is 17.1. The molecule has 0 radical (unpaired) electrons. The summed E-state index contributed by atoms with van der Waals surface area (Å²) >= 11 is 0. The Hall–Kier alpha value is -1.59. The standard InChI is InChI=1S/C12H11F4NO/c13-10-7-8(12(14,15)16)1-2-11(10)17-5-3-9(18)4-6-17/h1-2,7H,3-6H2. The fourth-order valence-corrected chi connectivity index (χ4v) is 1.94. The monoisotopic (exact) mass is 261 g/mol. The van der Waals surface area contributed by atoms with Crippen LogP contribution in [-0.4, -0.2) is 18.9 Å². The Bertz CT molecular complexity index is 460. The molecule has 0 amide bonds. The second-order valence-electron chi connectivity index (χ2n) is 4.19. The third-order valence-electron chi connectivity index (χ3n) is 2.94. The van der Waals surface area contributed by atoms with Crippen LogP contribution in [0.2, 0.25) is 0 Å². The van der Waals surface area contributed by atoms with E-state index in [4.69, 9.17) is 0 Å². The first-order valence-corrected chi connectivity index (χ1v) is 5.51. The van der Waals surface area contributed by atoms with Gasteiger partial charge in [-0.05, 0) is 18.2 Å². The van der Waals surface area contributed by atoms with Crippen molar-refractivity contribution in [3.8, 4) is 0 Å². The summed E-state index contributed by atoms with van der Waals surface area (Å²) in [6.07, 6.45) is -3.93. The van der Waals surface area contributed by atoms with Crippen molar-refractivity contribution >= 4 is 11.5 Å². The molecule has 1 fully saturated rings. The molecular formula is C12H11F4NO. The zero-order valence-corrected chi connectivity index (χ0v) is 9.43. The molecule has 1 aliphatic rings. The lowest BCUT2D eigenvalue weighted by molar-refractivity contribution is -0.137. The van der Waals surface area contributed by atoms with Gasteiger partial charge in [0.05, 0.1) is 11.3 Å². The predicted molar refractivity (Wildman–Crippen MR) is 57.9 cm³/mol. The number of anilines is 1. The number of carbonyl (C=O) groups is 1. The van der Waals surface area contributed by atoms with E-state index in [0.29, 0.717) is 32.0 Å². The average molecular weight is 261 g/mol. The van der Waals surface area contributed by atoms with Gasteiger partial charge in [-0.1, -0.05) is 0 Å². The van der Waals surface area contributed by atoms with Gasteiger partial charge in [0.25, 0.3) is 0 Å². The van der Waals surface area contributed by atoms with Crippen molar-refractivity contribution in [3.63, 3.8) is 0 Å². The molecule has 0 atom stereocenters. The molecule has 1 saturated heterocycles. The molecule has 0 bridgehead atoms. The fourth-order valence-electron chi connectivity index (χ4n) is 1.94. The summed E-state index contributed by atoms with van der Waals surface area (Å²) in [5, 5.41) is 0. The first kappa shape index (κ1) is 12.9. The molecule has 1 heterocycles. The van der Waals surface area contributed by atoms with Gasteiger partial charge in [0, 0.05) is 25.9 Å². The van der Waals surface area contributed by atoms with E-state index in [1.54, 1.807) is 4.90 Å². The summed E-state index contributed by atoms with van der Waals surface area (Å²) in [6, 6.07) is 2.47. The van der Waals surface area contributed by atoms with Gasteiger partial charge in [0.15, 0.2) is 0 Å². The van der Waals surface area contributed by atoms with E-state index < -0.39 is 17.6 Å². The van der Waals surface area contributed by atoms with E-state index in [1.165, 1.54) is 0 Å². The fraction of sp³-hybridized carbons (Fsp3) is 0.417. The van der Waals surface area contributed by atoms with Crippen LogP contribution in [0.4, 0.5) is 23.2 Å². The minimum absolute atomic E-state index is 0.0959. The lowest BCUT2D eigenvalue weighted by Gasteiger charge is -2.28. The van der Waals surface area contributed by atoms with E-state index in [-0.39, 0.29) is 11.5 Å². The summed E-state index contributed by atoms with van der Waals surface area (Å²) in [4.78, 5) is 12.6. The Balaban J connectivity index is 2.22. The number of piperidine rings is 1. The smallest absolute Gasteiger partial charge is 0.368 e. The van der Waals surface area contributed by atoms with E-state index in [0.717, 1.165) is 12.1 Å². The third kappa shape index (κ3) is 2.63. The van der Waals surface area contributed by atoms with E-state index >= 15 is 0 Å². The molecule has 2 rings (SSSR count). The summed E-state index contributed by atoms with van der Waals surface area (Å²) in [5.41, 5.74) is -0.882. The maximum Gasteiger partial charge on any atom is 0.416 e. The molecule has 1 aliphatic heterocycles. The molecule has 0 aliphatic carbocycles. The first-order chi connectivity index (χ1) is 8.38. The van der Waals surface area contributed by atoms with Gasteiger partial charge in [0.2, 0.25) is 0 Å². The Morgan fingerprint density at radius 3 is 2.22 bits per heavy atom. The van der Waals surface area contributed by atoms with Crippen molar-refractivity contribution in [2.24, 2.45) is 0 Å². The molecule has 1 aromatic rings. The molecule has 1 aromatic carbocycles. The summed E-state index contributed by atoms with van der Waals surface area (Å²) in [5.74, 6) is -0.808. The van der Waals surface area contributed by atoms with Crippen LogP contribution in [0.25, 0.3) is 0 Å². The van der Waals surface area contributed by atoms with Crippen LogP contribution in [0.1, 0.15) is 18.4 Å². The second-order valence-corrected chi connectivity index (χ2v) is 4.19. The second kappa shape index (κ2) is 4.59. The van der Waals surface area contributed by atoms with Gasteiger partial charge in [-0.3, -0.25) is 4.79 Å². The number of benzene rings is 1. The summed E-state index contributed by atoms with van der Waals surface area (Å²) in [7, 11) is 0. The van der Waals surface area contributed by atoms with Crippen LogP contribution >= 0.6 is 0 Å². The number of ketones is 1. The number of hydrogen-bond acceptors (Lipinski definition) is 2. The van der Waals surface area contributed by atoms with Crippen LogP contribution in [-0.2, 0) is 11.0 Å². The van der Waals surface area contributed by atoms with Crippen molar-refractivity contribution in [1.29, 1.82) is 0 Å². The number of Topliss-reactive ketones (excluding diaryl/α,β-unsaturated/α-hetero) is 1. The van der Waals surface area contributed by atoms with Crippen molar-refractivity contribution in [2.75, 3.05) is 18.0 Å². The van der Waals surface area contributed by atoms with Gasteiger partial charge < -0.3 is 4.90 Å². The van der Waals surface area contributed by atoms with Crippen LogP contribution in [0.3, 0.4) is 0 Å². The van der Waals surface area contributed by atoms with Crippen molar-refractivity contribution < 1.29 is 22.4 Å². The van der Waals surface area contributed by atoms with Crippen LogP contribution in [0, 0.1) is 5.82 Å². The zero-order chi connectivity index (χ0) is 13.3. The van der Waals surface area contributed by atoms with E-state index in [9.17, 15) is 22.4 Å². The Morgan fingerprint density at radius 2 is 1.72 bits per heavy atom. The van der Waals surface area contributed by atoms with Gasteiger partial charge in [0.1, 0.15) is 11.6 Å².